The van der Waals surface area contributed by atoms with Crippen molar-refractivity contribution >= 4 is 39.6 Å². The molecule has 1 saturated heterocycles. The van der Waals surface area contributed by atoms with Crippen molar-refractivity contribution in [2.24, 2.45) is 0 Å². The van der Waals surface area contributed by atoms with Crippen LogP contribution >= 0.6 is 22.7 Å². The van der Waals surface area contributed by atoms with E-state index in [1.165, 1.54) is 22.7 Å². The van der Waals surface area contributed by atoms with Gasteiger partial charge in [0.05, 0.1) is 17.7 Å². The lowest BCUT2D eigenvalue weighted by Gasteiger charge is -2.13. The number of likely N-dealkylation sites (tertiary alicyclic amines) is 1. The molecule has 3 heterocycles. The Labute approximate surface area is 130 Å². The fourth-order valence-corrected chi connectivity index (χ4v) is 3.58. The van der Waals surface area contributed by atoms with E-state index < -0.39 is 0 Å². The highest BCUT2D eigenvalue weighted by Crippen LogP contribution is 2.19. The molecule has 5 nitrogen and oxygen atoms in total. The third-order valence-electron chi connectivity index (χ3n) is 3.35. The Morgan fingerprint density at radius 3 is 2.81 bits per heavy atom. The molecule has 0 bridgehead atoms. The molecule has 1 aliphatic rings. The summed E-state index contributed by atoms with van der Waals surface area (Å²) in [6, 6.07) is 1.77. The molecule has 0 aromatic carbocycles. The van der Waals surface area contributed by atoms with Crippen molar-refractivity contribution < 1.29 is 9.59 Å². The molecule has 0 spiro atoms. The van der Waals surface area contributed by atoms with Gasteiger partial charge in [0.2, 0.25) is 5.91 Å². The molecule has 3 rings (SSSR count). The Bertz CT molecular complexity index is 630. The quantitative estimate of drug-likeness (QED) is 0.941. The van der Waals surface area contributed by atoms with Crippen LogP contribution in [-0.4, -0.2) is 34.8 Å². The summed E-state index contributed by atoms with van der Waals surface area (Å²) in [5.41, 5.74) is 1.35. The summed E-state index contributed by atoms with van der Waals surface area (Å²) in [5, 5.41) is 8.78. The summed E-state index contributed by atoms with van der Waals surface area (Å²) in [6.45, 7) is 1.70. The number of anilines is 1. The van der Waals surface area contributed by atoms with Crippen LogP contribution in [0.1, 0.15) is 28.9 Å². The first kappa shape index (κ1) is 14.2. The van der Waals surface area contributed by atoms with Gasteiger partial charge >= 0.3 is 0 Å². The van der Waals surface area contributed by atoms with E-state index in [2.05, 4.69) is 10.3 Å². The van der Waals surface area contributed by atoms with E-state index in [0.717, 1.165) is 31.6 Å². The van der Waals surface area contributed by atoms with Gasteiger partial charge in [-0.1, -0.05) is 0 Å². The molecule has 1 aliphatic heterocycles. The van der Waals surface area contributed by atoms with E-state index in [1.807, 2.05) is 15.7 Å². The molecule has 21 heavy (non-hydrogen) atoms. The molecule has 7 heteroatoms. The molecule has 0 atom stereocenters. The highest BCUT2D eigenvalue weighted by Gasteiger charge is 2.19. The third-order valence-corrected chi connectivity index (χ3v) is 4.84. The SMILES string of the molecule is O=C(Nc1nc(CC(=O)N2CCCC2)cs1)c1ccsc1. The zero-order valence-corrected chi connectivity index (χ0v) is 13.0. The number of nitrogens with zero attached hydrogens (tertiary/aromatic N) is 2. The molecule has 0 saturated carbocycles. The first-order valence-electron chi connectivity index (χ1n) is 6.78. The number of thiophene rings is 1. The van der Waals surface area contributed by atoms with Crippen LogP contribution in [0.5, 0.6) is 0 Å². The second kappa shape index (κ2) is 6.36. The van der Waals surface area contributed by atoms with Crippen LogP contribution < -0.4 is 5.32 Å². The van der Waals surface area contributed by atoms with Crippen LogP contribution in [0.25, 0.3) is 0 Å². The van der Waals surface area contributed by atoms with Crippen LogP contribution in [-0.2, 0) is 11.2 Å². The number of hydrogen-bond acceptors (Lipinski definition) is 5. The summed E-state index contributed by atoms with van der Waals surface area (Å²) in [5.74, 6) is -0.0449. The molecule has 0 radical (unpaired) electrons. The molecular formula is C14H15N3O2S2. The number of rotatable bonds is 4. The fraction of sp³-hybridized carbons (Fsp3) is 0.357. The van der Waals surface area contributed by atoms with Crippen molar-refractivity contribution in [2.75, 3.05) is 18.4 Å². The van der Waals surface area contributed by atoms with Crippen LogP contribution in [0, 0.1) is 0 Å². The van der Waals surface area contributed by atoms with E-state index in [9.17, 15) is 9.59 Å². The molecule has 2 aromatic rings. The minimum absolute atomic E-state index is 0.119. The second-order valence-corrected chi connectivity index (χ2v) is 6.51. The first-order valence-corrected chi connectivity index (χ1v) is 8.60. The van der Waals surface area contributed by atoms with Crippen molar-refractivity contribution in [3.8, 4) is 0 Å². The van der Waals surface area contributed by atoms with Gasteiger partial charge in [-0.25, -0.2) is 4.98 Å². The lowest BCUT2D eigenvalue weighted by molar-refractivity contribution is -0.129. The number of aromatic nitrogens is 1. The normalized spacial score (nSPS) is 14.4. The molecule has 1 fully saturated rings. The van der Waals surface area contributed by atoms with Gasteiger partial charge in [0.25, 0.3) is 5.91 Å². The Morgan fingerprint density at radius 2 is 2.10 bits per heavy atom. The third kappa shape index (κ3) is 3.48. The lowest BCUT2D eigenvalue weighted by Crippen LogP contribution is -2.29. The van der Waals surface area contributed by atoms with E-state index in [4.69, 9.17) is 0 Å². The van der Waals surface area contributed by atoms with Gasteiger partial charge in [-0.15, -0.1) is 11.3 Å². The van der Waals surface area contributed by atoms with Crippen LogP contribution in [0.2, 0.25) is 0 Å². The highest BCUT2D eigenvalue weighted by molar-refractivity contribution is 7.14. The molecule has 1 N–H and O–H groups in total. The van der Waals surface area contributed by atoms with Crippen molar-refractivity contribution in [3.05, 3.63) is 33.5 Å². The summed E-state index contributed by atoms with van der Waals surface area (Å²) in [6.07, 6.45) is 2.49. The van der Waals surface area contributed by atoms with Crippen molar-refractivity contribution in [1.29, 1.82) is 0 Å². The fourth-order valence-electron chi connectivity index (χ4n) is 2.24. The van der Waals surface area contributed by atoms with E-state index in [-0.39, 0.29) is 11.8 Å². The second-order valence-electron chi connectivity index (χ2n) is 4.87. The van der Waals surface area contributed by atoms with Crippen molar-refractivity contribution in [1.82, 2.24) is 9.88 Å². The predicted molar refractivity (Wildman–Crippen MR) is 83.9 cm³/mol. The van der Waals surface area contributed by atoms with E-state index in [1.54, 1.807) is 11.4 Å². The Hall–Kier alpha value is -1.73. The molecule has 2 aromatic heterocycles. The standard InChI is InChI=1S/C14H15N3O2S2/c18-12(17-4-1-2-5-17)7-11-9-21-14(15-11)16-13(19)10-3-6-20-8-10/h3,6,8-9H,1-2,4-5,7H2,(H,15,16,19). The average Bonchev–Trinajstić information content (AvgIpc) is 3.22. The van der Waals surface area contributed by atoms with Gasteiger partial charge in [0, 0.05) is 23.8 Å². The molecule has 2 amide bonds. The number of amides is 2. The number of thiazole rings is 1. The zero-order valence-electron chi connectivity index (χ0n) is 11.4. The Kier molecular flexibility index (Phi) is 4.31. The zero-order chi connectivity index (χ0) is 14.7. The Morgan fingerprint density at radius 1 is 1.29 bits per heavy atom. The maximum Gasteiger partial charge on any atom is 0.258 e. The topological polar surface area (TPSA) is 62.3 Å². The van der Waals surface area contributed by atoms with Crippen LogP contribution in [0.4, 0.5) is 5.13 Å². The maximum atomic E-state index is 12.0. The predicted octanol–water partition coefficient (Wildman–Crippen LogP) is 2.62. The van der Waals surface area contributed by atoms with Gasteiger partial charge in [-0.2, -0.15) is 11.3 Å². The molecular weight excluding hydrogens is 306 g/mol. The smallest absolute Gasteiger partial charge is 0.258 e. The van der Waals surface area contributed by atoms with E-state index in [0.29, 0.717) is 17.1 Å². The van der Waals surface area contributed by atoms with Crippen LogP contribution in [0.3, 0.4) is 0 Å². The van der Waals surface area contributed by atoms with Gasteiger partial charge in [0.1, 0.15) is 0 Å². The van der Waals surface area contributed by atoms with Crippen molar-refractivity contribution in [2.45, 2.75) is 19.3 Å². The minimum atomic E-state index is -0.164. The summed E-state index contributed by atoms with van der Waals surface area (Å²) in [7, 11) is 0. The average molecular weight is 321 g/mol. The molecule has 0 unspecified atom stereocenters. The summed E-state index contributed by atoms with van der Waals surface area (Å²) >= 11 is 2.83. The van der Waals surface area contributed by atoms with Crippen LogP contribution in [0.15, 0.2) is 22.2 Å². The summed E-state index contributed by atoms with van der Waals surface area (Å²) < 4.78 is 0. The van der Waals surface area contributed by atoms with Crippen molar-refractivity contribution in [3.63, 3.8) is 0 Å². The van der Waals surface area contributed by atoms with Gasteiger partial charge in [-0.3, -0.25) is 14.9 Å². The van der Waals surface area contributed by atoms with Gasteiger partial charge < -0.3 is 4.90 Å². The first-order chi connectivity index (χ1) is 10.2. The van der Waals surface area contributed by atoms with Gasteiger partial charge in [0.15, 0.2) is 5.13 Å². The molecule has 110 valence electrons. The monoisotopic (exact) mass is 321 g/mol. The Balaban J connectivity index is 1.58. The number of carbonyl (C=O) groups is 2. The summed E-state index contributed by atoms with van der Waals surface area (Å²) in [4.78, 5) is 30.1. The maximum absolute atomic E-state index is 12.0. The van der Waals surface area contributed by atoms with E-state index >= 15 is 0 Å². The minimum Gasteiger partial charge on any atom is -0.342 e. The highest BCUT2D eigenvalue weighted by atomic mass is 32.1. The number of carbonyl (C=O) groups excluding carboxylic acids is 2. The number of nitrogens with one attached hydrogen (secondary N) is 1. The largest absolute Gasteiger partial charge is 0.342 e. The molecule has 0 aliphatic carbocycles. The number of hydrogen-bond donors (Lipinski definition) is 1. The van der Waals surface area contributed by atoms with Gasteiger partial charge in [-0.05, 0) is 24.3 Å². The lowest BCUT2D eigenvalue weighted by atomic mass is 10.3.